The lowest BCUT2D eigenvalue weighted by atomic mass is 9.99. The van der Waals surface area contributed by atoms with Gasteiger partial charge in [0.05, 0.1) is 11.2 Å². The van der Waals surface area contributed by atoms with Crippen molar-refractivity contribution in [1.29, 1.82) is 0 Å². The van der Waals surface area contributed by atoms with Crippen molar-refractivity contribution in [2.45, 2.75) is 31.8 Å². The molecule has 0 spiro atoms. The van der Waals surface area contributed by atoms with Crippen molar-refractivity contribution in [3.05, 3.63) is 28.8 Å². The van der Waals surface area contributed by atoms with Gasteiger partial charge in [-0.3, -0.25) is 0 Å². The van der Waals surface area contributed by atoms with Crippen molar-refractivity contribution in [3.63, 3.8) is 0 Å². The number of aromatic hydroxyl groups is 1. The summed E-state index contributed by atoms with van der Waals surface area (Å²) in [6.07, 6.45) is -1.68. The van der Waals surface area contributed by atoms with Crippen LogP contribution in [0.15, 0.2) is 12.1 Å². The second-order valence-electron chi connectivity index (χ2n) is 4.08. The number of phenolic OH excluding ortho intramolecular Hbond substituents is 1. The normalized spacial score (nSPS) is 18.2. The first-order valence-electron chi connectivity index (χ1n) is 4.78. The topological polar surface area (TPSA) is 40.5 Å². The molecule has 1 aliphatic carbocycles. The summed E-state index contributed by atoms with van der Waals surface area (Å²) in [5, 5.41) is 19.4. The van der Waals surface area contributed by atoms with E-state index in [1.54, 1.807) is 13.0 Å². The first-order chi connectivity index (χ1) is 6.94. The summed E-state index contributed by atoms with van der Waals surface area (Å²) in [4.78, 5) is 0. The Morgan fingerprint density at radius 2 is 1.93 bits per heavy atom. The second kappa shape index (κ2) is 3.17. The van der Waals surface area contributed by atoms with E-state index < -0.39 is 23.3 Å². The molecule has 0 bridgehead atoms. The smallest absolute Gasteiger partial charge is 0.267 e. The fraction of sp³-hybridized carbons (Fsp3) is 0.455. The second-order valence-corrected chi connectivity index (χ2v) is 4.08. The summed E-state index contributed by atoms with van der Waals surface area (Å²) >= 11 is 0. The molecule has 82 valence electrons. The minimum absolute atomic E-state index is 0.234. The number of halogens is 2. The summed E-state index contributed by atoms with van der Waals surface area (Å²) in [6, 6.07) is 2.81. The van der Waals surface area contributed by atoms with E-state index >= 15 is 0 Å². The summed E-state index contributed by atoms with van der Waals surface area (Å²) < 4.78 is 25.1. The van der Waals surface area contributed by atoms with Crippen LogP contribution in [0, 0.1) is 6.92 Å². The zero-order chi connectivity index (χ0) is 11.2. The van der Waals surface area contributed by atoms with Crippen LogP contribution in [0.1, 0.15) is 36.0 Å². The van der Waals surface area contributed by atoms with E-state index in [0.29, 0.717) is 18.4 Å². The Bertz CT molecular complexity index is 398. The van der Waals surface area contributed by atoms with Crippen molar-refractivity contribution in [1.82, 2.24) is 0 Å². The number of hydrogen-bond donors (Lipinski definition) is 2. The lowest BCUT2D eigenvalue weighted by Crippen LogP contribution is -2.06. The van der Waals surface area contributed by atoms with E-state index in [2.05, 4.69) is 0 Å². The molecule has 1 aliphatic rings. The molecule has 2 N–H and O–H groups in total. The number of aryl methyl sites for hydroxylation is 1. The highest BCUT2D eigenvalue weighted by atomic mass is 19.3. The van der Waals surface area contributed by atoms with Crippen LogP contribution >= 0.6 is 0 Å². The van der Waals surface area contributed by atoms with E-state index in [1.807, 2.05) is 0 Å². The molecule has 0 aromatic heterocycles. The van der Waals surface area contributed by atoms with Gasteiger partial charge in [-0.25, -0.2) is 8.78 Å². The third kappa shape index (κ3) is 1.69. The number of phenols is 1. The maximum Gasteiger partial charge on any atom is 0.267 e. The van der Waals surface area contributed by atoms with Gasteiger partial charge in [-0.05, 0) is 37.5 Å². The van der Waals surface area contributed by atoms with Crippen LogP contribution in [0.4, 0.5) is 8.78 Å². The monoisotopic (exact) mass is 214 g/mol. The standard InChI is InChI=1S/C11H12F2O2/c1-6-4-7(10(12)13)9(14)8(5-6)11(15)2-3-11/h4-5,10,14-15H,2-3H2,1H3. The number of aliphatic hydroxyl groups is 1. The molecule has 0 heterocycles. The predicted molar refractivity (Wildman–Crippen MR) is 50.9 cm³/mol. The minimum atomic E-state index is -2.72. The van der Waals surface area contributed by atoms with Crippen LogP contribution in [0.3, 0.4) is 0 Å². The Hall–Kier alpha value is -1.16. The van der Waals surface area contributed by atoms with Crippen LogP contribution in [-0.2, 0) is 5.60 Å². The van der Waals surface area contributed by atoms with Crippen LogP contribution in [0.5, 0.6) is 5.75 Å². The number of alkyl halides is 2. The highest BCUT2D eigenvalue weighted by molar-refractivity contribution is 5.48. The van der Waals surface area contributed by atoms with Crippen molar-refractivity contribution in [2.75, 3.05) is 0 Å². The van der Waals surface area contributed by atoms with E-state index in [0.717, 1.165) is 0 Å². The highest BCUT2D eigenvalue weighted by Gasteiger charge is 2.44. The van der Waals surface area contributed by atoms with E-state index in [-0.39, 0.29) is 5.56 Å². The molecule has 4 heteroatoms. The van der Waals surface area contributed by atoms with Crippen molar-refractivity contribution in [2.24, 2.45) is 0 Å². The molecule has 2 rings (SSSR count). The Morgan fingerprint density at radius 3 is 2.40 bits per heavy atom. The Morgan fingerprint density at radius 1 is 1.33 bits per heavy atom. The molecular formula is C11H12F2O2. The summed E-state index contributed by atoms with van der Waals surface area (Å²) in [6.45, 7) is 1.67. The fourth-order valence-corrected chi connectivity index (χ4v) is 1.72. The SMILES string of the molecule is Cc1cc(C(F)F)c(O)c(C2(O)CC2)c1. The van der Waals surface area contributed by atoms with Crippen molar-refractivity contribution < 1.29 is 19.0 Å². The molecule has 1 aromatic rings. The van der Waals surface area contributed by atoms with Crippen molar-refractivity contribution >= 4 is 0 Å². The summed E-state index contributed by atoms with van der Waals surface area (Å²) in [5.41, 5.74) is -0.624. The molecule has 0 atom stereocenters. The first kappa shape index (κ1) is 10.4. The van der Waals surface area contributed by atoms with Gasteiger partial charge in [-0.2, -0.15) is 0 Å². The minimum Gasteiger partial charge on any atom is -0.507 e. The molecule has 0 unspecified atom stereocenters. The van der Waals surface area contributed by atoms with Crippen LogP contribution in [0.25, 0.3) is 0 Å². The largest absolute Gasteiger partial charge is 0.507 e. The summed E-state index contributed by atoms with van der Waals surface area (Å²) in [5.74, 6) is -0.462. The van der Waals surface area contributed by atoms with E-state index in [1.165, 1.54) is 6.07 Å². The van der Waals surface area contributed by atoms with Gasteiger partial charge in [-0.1, -0.05) is 0 Å². The fourth-order valence-electron chi connectivity index (χ4n) is 1.72. The molecule has 0 amide bonds. The third-order valence-electron chi connectivity index (χ3n) is 2.74. The molecule has 1 fully saturated rings. The zero-order valence-electron chi connectivity index (χ0n) is 8.30. The van der Waals surface area contributed by atoms with E-state index in [4.69, 9.17) is 0 Å². The average molecular weight is 214 g/mol. The van der Waals surface area contributed by atoms with Gasteiger partial charge in [0.1, 0.15) is 5.75 Å². The van der Waals surface area contributed by atoms with Gasteiger partial charge in [0.15, 0.2) is 0 Å². The Kier molecular flexibility index (Phi) is 2.19. The number of rotatable bonds is 2. The van der Waals surface area contributed by atoms with Gasteiger partial charge in [0, 0.05) is 5.56 Å². The van der Waals surface area contributed by atoms with E-state index in [9.17, 15) is 19.0 Å². The first-order valence-corrected chi connectivity index (χ1v) is 4.78. The lowest BCUT2D eigenvalue weighted by molar-refractivity contribution is 0.137. The predicted octanol–water partition coefficient (Wildman–Crippen LogP) is 2.62. The Labute approximate surface area is 86.2 Å². The van der Waals surface area contributed by atoms with Crippen LogP contribution in [-0.4, -0.2) is 10.2 Å². The molecule has 0 radical (unpaired) electrons. The van der Waals surface area contributed by atoms with Gasteiger partial charge < -0.3 is 10.2 Å². The van der Waals surface area contributed by atoms with Crippen molar-refractivity contribution in [3.8, 4) is 5.75 Å². The maximum atomic E-state index is 12.6. The highest BCUT2D eigenvalue weighted by Crippen LogP contribution is 2.50. The van der Waals surface area contributed by atoms with Gasteiger partial charge in [0.25, 0.3) is 6.43 Å². The van der Waals surface area contributed by atoms with Gasteiger partial charge in [-0.15, -0.1) is 0 Å². The van der Waals surface area contributed by atoms with Gasteiger partial charge in [0.2, 0.25) is 0 Å². The average Bonchev–Trinajstić information content (AvgIpc) is 2.88. The Balaban J connectivity index is 2.55. The quantitative estimate of drug-likeness (QED) is 0.794. The van der Waals surface area contributed by atoms with Gasteiger partial charge >= 0.3 is 0 Å². The zero-order valence-corrected chi connectivity index (χ0v) is 8.30. The molecule has 1 aromatic carbocycles. The molecular weight excluding hydrogens is 202 g/mol. The molecule has 1 saturated carbocycles. The van der Waals surface area contributed by atoms with Crippen LogP contribution in [0.2, 0.25) is 0 Å². The molecule has 0 aliphatic heterocycles. The lowest BCUT2D eigenvalue weighted by Gasteiger charge is -2.14. The number of hydrogen-bond acceptors (Lipinski definition) is 2. The number of benzene rings is 1. The summed E-state index contributed by atoms with van der Waals surface area (Å²) in [7, 11) is 0. The van der Waals surface area contributed by atoms with Crippen LogP contribution < -0.4 is 0 Å². The molecule has 2 nitrogen and oxygen atoms in total. The molecule has 15 heavy (non-hydrogen) atoms. The third-order valence-corrected chi connectivity index (χ3v) is 2.74. The maximum absolute atomic E-state index is 12.6. The molecule has 0 saturated heterocycles.